The molecule has 0 unspecified atom stereocenters. The molecule has 2 heterocycles. The summed E-state index contributed by atoms with van der Waals surface area (Å²) in [7, 11) is 1.64. The van der Waals surface area contributed by atoms with Crippen molar-refractivity contribution in [3.8, 4) is 17.2 Å². The Morgan fingerprint density at radius 1 is 1.07 bits per heavy atom. The molecule has 0 spiro atoms. The number of ether oxygens (including phenoxy) is 1. The van der Waals surface area contributed by atoms with E-state index in [2.05, 4.69) is 10.00 Å². The molecule has 0 aliphatic carbocycles. The van der Waals surface area contributed by atoms with Crippen LogP contribution in [0.1, 0.15) is 0 Å². The molecule has 1 fully saturated rings. The summed E-state index contributed by atoms with van der Waals surface area (Å²) in [5.74, 6) is 0.240. The molecule has 0 saturated carbocycles. The van der Waals surface area contributed by atoms with E-state index in [4.69, 9.17) is 9.15 Å². The van der Waals surface area contributed by atoms with Crippen LogP contribution in [-0.4, -0.2) is 53.9 Å². The molecule has 2 aromatic carbocycles. The van der Waals surface area contributed by atoms with Crippen molar-refractivity contribution in [2.75, 3.05) is 38.2 Å². The molecular weight excluding hydrogens is 372 g/mol. The van der Waals surface area contributed by atoms with Gasteiger partial charge in [0, 0.05) is 43.5 Å². The number of carbonyl (C=O) groups excluding carboxylic acids is 1. The van der Waals surface area contributed by atoms with Gasteiger partial charge in [0.05, 0.1) is 7.11 Å². The number of anilines is 1. The average molecular weight is 394 g/mol. The summed E-state index contributed by atoms with van der Waals surface area (Å²) in [5, 5.41) is 4.16. The molecule has 3 aromatic rings. The quantitative estimate of drug-likeness (QED) is 0.657. The second-order valence-electron chi connectivity index (χ2n) is 6.77. The van der Waals surface area contributed by atoms with Gasteiger partial charge in [0.25, 0.3) is 0 Å². The third-order valence-electron chi connectivity index (χ3n) is 4.96. The Kier molecular flexibility index (Phi) is 5.33. The highest BCUT2D eigenvalue weighted by Crippen LogP contribution is 2.22. The van der Waals surface area contributed by atoms with E-state index in [-0.39, 0.29) is 18.3 Å². The molecule has 1 saturated heterocycles. The number of nitrogens with zero attached hydrogens (tertiary/aromatic N) is 4. The Morgan fingerprint density at radius 2 is 1.83 bits per heavy atom. The molecule has 8 heteroatoms. The lowest BCUT2D eigenvalue weighted by atomic mass is 10.2. The van der Waals surface area contributed by atoms with E-state index in [1.165, 1.54) is 0 Å². The van der Waals surface area contributed by atoms with Crippen LogP contribution in [0.2, 0.25) is 0 Å². The summed E-state index contributed by atoms with van der Waals surface area (Å²) in [5.41, 5.74) is 1.76. The summed E-state index contributed by atoms with van der Waals surface area (Å²) in [4.78, 5) is 28.7. The van der Waals surface area contributed by atoms with Gasteiger partial charge in [-0.25, -0.2) is 4.79 Å². The highest BCUT2D eigenvalue weighted by Gasteiger charge is 2.23. The summed E-state index contributed by atoms with van der Waals surface area (Å²) in [6, 6.07) is 17.0. The van der Waals surface area contributed by atoms with Crippen molar-refractivity contribution in [2.45, 2.75) is 6.54 Å². The zero-order chi connectivity index (χ0) is 20.2. The molecule has 8 nitrogen and oxygen atoms in total. The van der Waals surface area contributed by atoms with Gasteiger partial charge >= 0.3 is 5.76 Å². The number of amides is 1. The second-order valence-corrected chi connectivity index (χ2v) is 6.77. The normalized spacial score (nSPS) is 14.1. The first-order valence-corrected chi connectivity index (χ1v) is 9.44. The van der Waals surface area contributed by atoms with Crippen molar-refractivity contribution in [3.63, 3.8) is 0 Å². The number of hydrogen-bond donors (Lipinski definition) is 0. The van der Waals surface area contributed by atoms with E-state index in [1.54, 1.807) is 24.1 Å². The van der Waals surface area contributed by atoms with Gasteiger partial charge < -0.3 is 19.0 Å². The van der Waals surface area contributed by atoms with E-state index in [0.29, 0.717) is 31.7 Å². The van der Waals surface area contributed by atoms with Gasteiger partial charge in [-0.15, -0.1) is 5.10 Å². The maximum Gasteiger partial charge on any atom is 0.437 e. The van der Waals surface area contributed by atoms with E-state index < -0.39 is 5.76 Å². The van der Waals surface area contributed by atoms with Crippen LogP contribution in [-0.2, 0) is 11.3 Å². The average Bonchev–Trinajstić information content (AvgIpc) is 3.14. The number of methoxy groups -OCH3 is 1. The van der Waals surface area contributed by atoms with Crippen LogP contribution in [0.5, 0.6) is 5.75 Å². The van der Waals surface area contributed by atoms with Crippen LogP contribution in [0.25, 0.3) is 11.5 Å². The first kappa shape index (κ1) is 18.8. The number of piperazine rings is 1. The first-order chi connectivity index (χ1) is 14.1. The van der Waals surface area contributed by atoms with Crippen LogP contribution >= 0.6 is 0 Å². The Balaban J connectivity index is 1.38. The van der Waals surface area contributed by atoms with Gasteiger partial charge in [0.15, 0.2) is 0 Å². The third kappa shape index (κ3) is 4.16. The van der Waals surface area contributed by atoms with E-state index >= 15 is 0 Å². The minimum Gasteiger partial charge on any atom is -0.497 e. The van der Waals surface area contributed by atoms with Gasteiger partial charge in [0.1, 0.15) is 12.3 Å². The van der Waals surface area contributed by atoms with Crippen LogP contribution in [0, 0.1) is 0 Å². The highest BCUT2D eigenvalue weighted by molar-refractivity contribution is 5.76. The molecule has 0 bridgehead atoms. The van der Waals surface area contributed by atoms with Crippen molar-refractivity contribution >= 4 is 11.6 Å². The zero-order valence-electron chi connectivity index (χ0n) is 16.2. The molecule has 0 atom stereocenters. The summed E-state index contributed by atoms with van der Waals surface area (Å²) >= 11 is 0. The van der Waals surface area contributed by atoms with Crippen molar-refractivity contribution < 1.29 is 13.9 Å². The molecule has 0 N–H and O–H groups in total. The lowest BCUT2D eigenvalue weighted by molar-refractivity contribution is -0.132. The fourth-order valence-corrected chi connectivity index (χ4v) is 3.35. The lowest BCUT2D eigenvalue weighted by Gasteiger charge is -2.36. The highest BCUT2D eigenvalue weighted by atomic mass is 16.5. The minimum absolute atomic E-state index is 0.131. The standard InChI is InChI=1S/C21H22N4O4/c1-28-18-9-5-8-17(14-18)23-10-12-24(13-11-23)19(26)15-25-21(27)29-20(22-25)16-6-3-2-4-7-16/h2-9,14H,10-13,15H2,1H3. The lowest BCUT2D eigenvalue weighted by Crippen LogP contribution is -2.50. The molecule has 1 aromatic heterocycles. The van der Waals surface area contributed by atoms with E-state index in [0.717, 1.165) is 16.1 Å². The summed E-state index contributed by atoms with van der Waals surface area (Å²) in [6.45, 7) is 2.44. The Labute approximate surface area is 167 Å². The topological polar surface area (TPSA) is 80.8 Å². The van der Waals surface area contributed by atoms with Crippen LogP contribution in [0.4, 0.5) is 5.69 Å². The summed E-state index contributed by atoms with van der Waals surface area (Å²) in [6.07, 6.45) is 0. The number of rotatable bonds is 5. The van der Waals surface area contributed by atoms with Crippen molar-refractivity contribution in [1.82, 2.24) is 14.7 Å². The molecule has 1 amide bonds. The number of hydrogen-bond acceptors (Lipinski definition) is 6. The van der Waals surface area contributed by atoms with E-state index in [1.807, 2.05) is 42.5 Å². The maximum atomic E-state index is 12.7. The fraction of sp³-hybridized carbons (Fsp3) is 0.286. The van der Waals surface area contributed by atoms with Crippen molar-refractivity contribution in [2.24, 2.45) is 0 Å². The predicted molar refractivity (Wildman–Crippen MR) is 108 cm³/mol. The third-order valence-corrected chi connectivity index (χ3v) is 4.96. The van der Waals surface area contributed by atoms with Crippen LogP contribution < -0.4 is 15.4 Å². The van der Waals surface area contributed by atoms with Gasteiger partial charge in [-0.3, -0.25) is 4.79 Å². The molecule has 150 valence electrons. The van der Waals surface area contributed by atoms with Crippen molar-refractivity contribution in [1.29, 1.82) is 0 Å². The van der Waals surface area contributed by atoms with Crippen LogP contribution in [0.15, 0.2) is 63.8 Å². The van der Waals surface area contributed by atoms with Crippen LogP contribution in [0.3, 0.4) is 0 Å². The maximum absolute atomic E-state index is 12.7. The molecule has 1 aliphatic heterocycles. The Morgan fingerprint density at radius 3 is 2.55 bits per heavy atom. The SMILES string of the molecule is COc1cccc(N2CCN(C(=O)Cn3nc(-c4ccccc4)oc3=O)CC2)c1. The fourth-order valence-electron chi connectivity index (χ4n) is 3.35. The number of carbonyl (C=O) groups is 1. The Bertz CT molecular complexity index is 1040. The Hall–Kier alpha value is -3.55. The monoisotopic (exact) mass is 394 g/mol. The molecule has 29 heavy (non-hydrogen) atoms. The molecule has 1 aliphatic rings. The zero-order valence-corrected chi connectivity index (χ0v) is 16.2. The van der Waals surface area contributed by atoms with Gasteiger partial charge in [-0.1, -0.05) is 24.3 Å². The van der Waals surface area contributed by atoms with Gasteiger partial charge in [0.2, 0.25) is 11.8 Å². The first-order valence-electron chi connectivity index (χ1n) is 9.44. The summed E-state index contributed by atoms with van der Waals surface area (Å²) < 4.78 is 11.6. The predicted octanol–water partition coefficient (Wildman–Crippen LogP) is 1.86. The van der Waals surface area contributed by atoms with Gasteiger partial charge in [-0.2, -0.15) is 4.68 Å². The smallest absolute Gasteiger partial charge is 0.437 e. The molecule has 0 radical (unpaired) electrons. The van der Waals surface area contributed by atoms with E-state index in [9.17, 15) is 9.59 Å². The minimum atomic E-state index is -0.632. The largest absolute Gasteiger partial charge is 0.497 e. The molecule has 4 rings (SSSR count). The number of benzene rings is 2. The van der Waals surface area contributed by atoms with Crippen molar-refractivity contribution in [3.05, 3.63) is 65.1 Å². The van der Waals surface area contributed by atoms with Gasteiger partial charge in [-0.05, 0) is 24.3 Å². The second kappa shape index (κ2) is 8.22. The molecular formula is C21H22N4O4. The number of aromatic nitrogens is 2.